The van der Waals surface area contributed by atoms with Crippen LogP contribution in [0, 0.1) is 11.7 Å². The molecule has 2 unspecified atom stereocenters. The van der Waals surface area contributed by atoms with Gasteiger partial charge < -0.3 is 19.3 Å². The molecule has 3 aromatic carbocycles. The van der Waals surface area contributed by atoms with E-state index in [1.165, 1.54) is 30.9 Å². The fraction of sp³-hybridized carbons (Fsp3) is 0.226. The number of fused-ring (bicyclic) bond motifs is 1. The summed E-state index contributed by atoms with van der Waals surface area (Å²) in [4.78, 5) is 16.3. The van der Waals surface area contributed by atoms with E-state index in [0.717, 1.165) is 17.7 Å². The first kappa shape index (κ1) is 26.7. The Morgan fingerprint density at radius 3 is 2.74 bits per heavy atom. The predicted octanol–water partition coefficient (Wildman–Crippen LogP) is 7.45. The molecule has 8 heteroatoms. The Bertz CT molecular complexity index is 1560. The van der Waals surface area contributed by atoms with Crippen LogP contribution in [0.3, 0.4) is 0 Å². The normalized spacial score (nSPS) is 17.3. The molecule has 3 atom stereocenters. The predicted molar refractivity (Wildman–Crippen MR) is 149 cm³/mol. The Morgan fingerprint density at radius 1 is 1.13 bits per heavy atom. The first-order valence-electron chi connectivity index (χ1n) is 12.5. The Hall–Kier alpha value is -3.94. The number of halogens is 2. The number of benzene rings is 3. The van der Waals surface area contributed by atoms with Crippen LogP contribution in [0.15, 0.2) is 66.7 Å². The molecule has 1 aromatic heterocycles. The summed E-state index contributed by atoms with van der Waals surface area (Å²) in [6, 6.07) is 19.6. The Kier molecular flexibility index (Phi) is 7.82. The number of carbonyl (C=O) groups is 1. The van der Waals surface area contributed by atoms with Crippen LogP contribution in [0.2, 0.25) is 5.02 Å². The van der Waals surface area contributed by atoms with E-state index in [4.69, 9.17) is 25.8 Å². The summed E-state index contributed by atoms with van der Waals surface area (Å²) in [5, 5.41) is 10.3. The molecule has 1 fully saturated rings. The van der Waals surface area contributed by atoms with Crippen molar-refractivity contribution in [3.8, 4) is 11.5 Å². The van der Waals surface area contributed by atoms with E-state index in [9.17, 15) is 14.3 Å². The molecule has 1 N–H and O–H groups in total. The first-order valence-corrected chi connectivity index (χ1v) is 12.9. The highest BCUT2D eigenvalue weighted by atomic mass is 35.5. The molecule has 1 aliphatic rings. The molecule has 0 aliphatic heterocycles. The van der Waals surface area contributed by atoms with E-state index >= 15 is 0 Å². The van der Waals surface area contributed by atoms with Crippen molar-refractivity contribution in [1.82, 2.24) is 4.98 Å². The Balaban J connectivity index is 1.24. The molecule has 0 radical (unpaired) electrons. The highest BCUT2D eigenvalue weighted by Gasteiger charge is 2.40. The van der Waals surface area contributed by atoms with Gasteiger partial charge in [-0.15, -0.1) is 0 Å². The number of aromatic nitrogens is 1. The van der Waals surface area contributed by atoms with Gasteiger partial charge in [0.05, 0.1) is 23.3 Å². The van der Waals surface area contributed by atoms with E-state index < -0.39 is 18.1 Å². The number of carboxylic acid groups (broad SMARTS) is 1. The number of rotatable bonds is 10. The second kappa shape index (κ2) is 11.4. The van der Waals surface area contributed by atoms with Crippen LogP contribution in [0.4, 0.5) is 4.39 Å². The fourth-order valence-corrected chi connectivity index (χ4v) is 4.86. The van der Waals surface area contributed by atoms with Crippen LogP contribution in [0.25, 0.3) is 23.1 Å². The van der Waals surface area contributed by atoms with Crippen LogP contribution in [0.5, 0.6) is 11.5 Å². The van der Waals surface area contributed by atoms with Gasteiger partial charge in [0.15, 0.2) is 6.29 Å². The lowest BCUT2D eigenvalue weighted by atomic mass is 10.0. The summed E-state index contributed by atoms with van der Waals surface area (Å²) in [6.07, 6.45) is 4.98. The van der Waals surface area contributed by atoms with Gasteiger partial charge >= 0.3 is 5.97 Å². The van der Waals surface area contributed by atoms with Crippen molar-refractivity contribution < 1.29 is 28.5 Å². The van der Waals surface area contributed by atoms with Crippen LogP contribution < -0.4 is 9.47 Å². The average Bonchev–Trinajstić information content (AvgIpc) is 3.71. The number of ether oxygens (including phenoxy) is 3. The summed E-state index contributed by atoms with van der Waals surface area (Å²) in [5.41, 5.74) is 3.68. The minimum atomic E-state index is -1.09. The third kappa shape index (κ3) is 6.21. The molecule has 39 heavy (non-hydrogen) atoms. The number of carboxylic acids is 1. The highest BCUT2D eigenvalue weighted by molar-refractivity contribution is 6.31. The summed E-state index contributed by atoms with van der Waals surface area (Å²) >= 11 is 5.91. The SMILES string of the molecule is COc1ccc(O[C@H](CC2CC2c2cccc(/C=C\c3ccc4cc(F)c(Cl)cc4n3)c2)OC)c(C(=O)O)c1. The molecular formula is C31H27ClFNO5. The third-order valence-electron chi connectivity index (χ3n) is 6.89. The van der Waals surface area contributed by atoms with Crippen molar-refractivity contribution in [3.05, 3.63) is 100.0 Å². The van der Waals surface area contributed by atoms with Gasteiger partial charge in [-0.3, -0.25) is 0 Å². The van der Waals surface area contributed by atoms with Gasteiger partial charge in [-0.05, 0) is 71.9 Å². The summed E-state index contributed by atoms with van der Waals surface area (Å²) in [7, 11) is 3.04. The van der Waals surface area contributed by atoms with Gasteiger partial charge in [-0.2, -0.15) is 0 Å². The van der Waals surface area contributed by atoms with E-state index in [0.29, 0.717) is 34.9 Å². The molecule has 4 aromatic rings. The van der Waals surface area contributed by atoms with Gasteiger partial charge in [-0.25, -0.2) is 14.2 Å². The third-order valence-corrected chi connectivity index (χ3v) is 7.18. The number of nitrogens with zero attached hydrogens (tertiary/aromatic N) is 1. The lowest BCUT2D eigenvalue weighted by Crippen LogP contribution is -2.21. The smallest absolute Gasteiger partial charge is 0.339 e. The number of hydrogen-bond donors (Lipinski definition) is 1. The molecule has 0 bridgehead atoms. The topological polar surface area (TPSA) is 77.9 Å². The van der Waals surface area contributed by atoms with Crippen molar-refractivity contribution in [2.24, 2.45) is 5.92 Å². The summed E-state index contributed by atoms with van der Waals surface area (Å²) < 4.78 is 30.3. The van der Waals surface area contributed by atoms with Crippen molar-refractivity contribution in [2.75, 3.05) is 14.2 Å². The maximum Gasteiger partial charge on any atom is 0.339 e. The summed E-state index contributed by atoms with van der Waals surface area (Å²) in [5.74, 6) is -0.142. The van der Waals surface area contributed by atoms with Gasteiger partial charge in [0.25, 0.3) is 0 Å². The molecule has 5 rings (SSSR count). The van der Waals surface area contributed by atoms with Gasteiger partial charge in [-0.1, -0.05) is 48.0 Å². The molecule has 0 spiro atoms. The lowest BCUT2D eigenvalue weighted by Gasteiger charge is -2.19. The first-order chi connectivity index (χ1) is 18.8. The van der Waals surface area contributed by atoms with Crippen molar-refractivity contribution in [2.45, 2.75) is 25.0 Å². The zero-order valence-corrected chi connectivity index (χ0v) is 22.2. The quantitative estimate of drug-likeness (QED) is 0.208. The number of aromatic carboxylic acids is 1. The zero-order chi connectivity index (χ0) is 27.5. The van der Waals surface area contributed by atoms with Crippen molar-refractivity contribution in [3.63, 3.8) is 0 Å². The Labute approximate surface area is 230 Å². The molecule has 200 valence electrons. The zero-order valence-electron chi connectivity index (χ0n) is 21.4. The molecule has 0 saturated heterocycles. The number of methoxy groups -OCH3 is 2. The minimum absolute atomic E-state index is 0.0272. The molecule has 1 aliphatic carbocycles. The van der Waals surface area contributed by atoms with Gasteiger partial charge in [0.2, 0.25) is 0 Å². The van der Waals surface area contributed by atoms with Crippen LogP contribution in [0.1, 0.15) is 45.9 Å². The maximum atomic E-state index is 13.7. The molecule has 1 saturated carbocycles. The minimum Gasteiger partial charge on any atom is -0.497 e. The highest BCUT2D eigenvalue weighted by Crippen LogP contribution is 2.50. The van der Waals surface area contributed by atoms with E-state index in [1.54, 1.807) is 19.2 Å². The van der Waals surface area contributed by atoms with Crippen LogP contribution in [-0.2, 0) is 4.74 Å². The molecule has 0 amide bonds. The number of hydrogen-bond acceptors (Lipinski definition) is 5. The monoisotopic (exact) mass is 547 g/mol. The van der Waals surface area contributed by atoms with E-state index in [2.05, 4.69) is 17.1 Å². The van der Waals surface area contributed by atoms with Gasteiger partial charge in [0.1, 0.15) is 22.9 Å². The molecule has 1 heterocycles. The van der Waals surface area contributed by atoms with Crippen LogP contribution >= 0.6 is 11.6 Å². The van der Waals surface area contributed by atoms with E-state index in [1.807, 2.05) is 36.4 Å². The van der Waals surface area contributed by atoms with Gasteiger partial charge in [0, 0.05) is 18.9 Å². The van der Waals surface area contributed by atoms with Crippen molar-refractivity contribution >= 4 is 40.6 Å². The van der Waals surface area contributed by atoms with Crippen molar-refractivity contribution in [1.29, 1.82) is 0 Å². The second-order valence-corrected chi connectivity index (χ2v) is 9.89. The Morgan fingerprint density at radius 2 is 1.97 bits per heavy atom. The second-order valence-electron chi connectivity index (χ2n) is 9.49. The fourth-order valence-electron chi connectivity index (χ4n) is 4.70. The number of pyridine rings is 1. The van der Waals surface area contributed by atoms with E-state index in [-0.39, 0.29) is 16.3 Å². The standard InChI is InChI=1S/C31H27ClFNO5/c1-37-23-10-11-29(25(16-23)31(35)36)39-30(38-2)15-21-13-24(21)19-5-3-4-18(12-19)6-8-22-9-7-20-14-27(33)26(32)17-28(20)34-22/h3-12,14,16-17,21,24,30H,13,15H2,1-2H3,(H,35,36)/b8-6-/t21?,24?,30-/m1/s1. The maximum absolute atomic E-state index is 13.7. The summed E-state index contributed by atoms with van der Waals surface area (Å²) in [6.45, 7) is 0. The van der Waals surface area contributed by atoms with Crippen LogP contribution in [-0.4, -0.2) is 36.6 Å². The average molecular weight is 548 g/mol. The largest absolute Gasteiger partial charge is 0.497 e. The molecule has 6 nitrogen and oxygen atoms in total. The lowest BCUT2D eigenvalue weighted by molar-refractivity contribution is -0.0622. The molecular weight excluding hydrogens is 521 g/mol.